The van der Waals surface area contributed by atoms with Gasteiger partial charge in [0.1, 0.15) is 0 Å². The number of ether oxygens (including phenoxy) is 1. The molecule has 2 aromatic carbocycles. The number of halogens is 1. The number of morpholine rings is 1. The Morgan fingerprint density at radius 1 is 1.11 bits per heavy atom. The van der Waals surface area contributed by atoms with E-state index in [-0.39, 0.29) is 35.1 Å². The molecule has 1 aromatic heterocycles. The van der Waals surface area contributed by atoms with E-state index in [4.69, 9.17) is 4.74 Å². The van der Waals surface area contributed by atoms with Crippen molar-refractivity contribution < 1.29 is 44.2 Å². The average molecular weight is 624 g/mol. The van der Waals surface area contributed by atoms with Crippen molar-refractivity contribution in [2.24, 2.45) is 0 Å². The molecule has 5 rings (SSSR count). The summed E-state index contributed by atoms with van der Waals surface area (Å²) < 4.78 is 6.61. The van der Waals surface area contributed by atoms with Crippen LogP contribution in [0.3, 0.4) is 0 Å². The van der Waals surface area contributed by atoms with Gasteiger partial charge in [-0.05, 0) is 71.2 Å². The smallest absolute Gasteiger partial charge is 0.545 e. The van der Waals surface area contributed by atoms with Crippen molar-refractivity contribution in [2.45, 2.75) is 51.5 Å². The van der Waals surface area contributed by atoms with E-state index in [9.17, 15) is 9.90 Å². The van der Waals surface area contributed by atoms with Crippen LogP contribution in [0.4, 0.5) is 5.69 Å². The molecule has 8 heteroatoms. The number of nitrogens with zero attached hydrogens (tertiary/aromatic N) is 2. The van der Waals surface area contributed by atoms with Crippen LogP contribution in [-0.4, -0.2) is 61.3 Å². The normalized spacial score (nSPS) is 17.7. The van der Waals surface area contributed by atoms with Gasteiger partial charge in [0.2, 0.25) is 0 Å². The number of H-pyrrole nitrogens is 1. The molecule has 2 fully saturated rings. The molecule has 1 N–H and O–H groups in total. The van der Waals surface area contributed by atoms with Gasteiger partial charge in [0.05, 0.1) is 19.2 Å². The number of hydrogen-bond donors (Lipinski definition) is 1. The van der Waals surface area contributed by atoms with Crippen LogP contribution >= 0.6 is 22.6 Å². The van der Waals surface area contributed by atoms with Gasteiger partial charge < -0.3 is 24.5 Å². The van der Waals surface area contributed by atoms with Crippen LogP contribution in [0.2, 0.25) is 0 Å². The summed E-state index contributed by atoms with van der Waals surface area (Å²) in [5.74, 6) is -1.14. The molecule has 3 heterocycles. The molecule has 0 spiro atoms. The van der Waals surface area contributed by atoms with Gasteiger partial charge in [0.15, 0.2) is 0 Å². The number of anilines is 1. The molecule has 0 radical (unpaired) electrons. The van der Waals surface area contributed by atoms with Crippen LogP contribution in [0.15, 0.2) is 36.4 Å². The van der Waals surface area contributed by atoms with Crippen molar-refractivity contribution in [3.63, 3.8) is 0 Å². The number of benzene rings is 2. The number of aryl methyl sites for hydroxylation is 1. The van der Waals surface area contributed by atoms with Gasteiger partial charge in [-0.25, -0.2) is 0 Å². The van der Waals surface area contributed by atoms with E-state index in [2.05, 4.69) is 76.3 Å². The van der Waals surface area contributed by atoms with Gasteiger partial charge in [0, 0.05) is 69.1 Å². The zero-order chi connectivity index (χ0) is 25.4. The number of nitrogens with one attached hydrogen (secondary N) is 1. The first-order chi connectivity index (χ1) is 17.3. The molecule has 37 heavy (non-hydrogen) atoms. The molecule has 0 amide bonds. The van der Waals surface area contributed by atoms with Crippen molar-refractivity contribution in [1.29, 1.82) is 0 Å². The summed E-state index contributed by atoms with van der Waals surface area (Å²) in [6.45, 7) is 12.3. The van der Waals surface area contributed by atoms with Gasteiger partial charge in [-0.3, -0.25) is 4.90 Å². The predicted molar refractivity (Wildman–Crippen MR) is 151 cm³/mol. The van der Waals surface area contributed by atoms with Crippen molar-refractivity contribution in [3.8, 4) is 0 Å². The number of carbonyl (C=O) groups excluding carboxylic acids is 1. The van der Waals surface area contributed by atoms with Gasteiger partial charge in [-0.15, -0.1) is 0 Å². The maximum atomic E-state index is 12.3. The predicted octanol–water partition coefficient (Wildman–Crippen LogP) is 1.33. The molecule has 2 saturated heterocycles. The maximum Gasteiger partial charge on any atom is 1.00 e. The summed E-state index contributed by atoms with van der Waals surface area (Å²) in [5.41, 5.74) is 4.98. The summed E-state index contributed by atoms with van der Waals surface area (Å²) >= 11 is 2.25. The van der Waals surface area contributed by atoms with E-state index in [1.807, 2.05) is 18.2 Å². The minimum atomic E-state index is -1.14. The van der Waals surface area contributed by atoms with Crippen LogP contribution in [0.5, 0.6) is 0 Å². The number of piperidine rings is 1. The third-order valence-corrected chi connectivity index (χ3v) is 8.82. The van der Waals surface area contributed by atoms with E-state index in [1.54, 1.807) is 0 Å². The Balaban J connectivity index is 0.00000320. The topological polar surface area (TPSA) is 71.6 Å². The van der Waals surface area contributed by atoms with Crippen LogP contribution < -0.4 is 39.6 Å². The molecular weight excluding hydrogens is 588 g/mol. The Labute approximate surface area is 255 Å². The largest absolute Gasteiger partial charge is 1.00 e. The molecule has 0 bridgehead atoms. The maximum absolute atomic E-state index is 12.3. The van der Waals surface area contributed by atoms with Crippen molar-refractivity contribution in [1.82, 2.24) is 9.88 Å². The molecule has 3 aromatic rings. The fourth-order valence-electron chi connectivity index (χ4n) is 5.96. The second kappa shape index (κ2) is 12.0. The molecule has 0 atom stereocenters. The first-order valence-electron chi connectivity index (χ1n) is 13.0. The van der Waals surface area contributed by atoms with Crippen LogP contribution in [0.25, 0.3) is 10.9 Å². The van der Waals surface area contributed by atoms with E-state index in [1.165, 1.54) is 11.3 Å². The van der Waals surface area contributed by atoms with Crippen LogP contribution in [0.1, 0.15) is 60.8 Å². The van der Waals surface area contributed by atoms with E-state index in [0.717, 1.165) is 73.3 Å². The molecule has 0 saturated carbocycles. The third kappa shape index (κ3) is 5.77. The zero-order valence-corrected chi connectivity index (χ0v) is 26.6. The number of fused-ring (bicyclic) bond motifs is 1. The molecule has 0 unspecified atom stereocenters. The molecule has 0 aliphatic carbocycles. The number of rotatable bonds is 6. The first-order valence-corrected chi connectivity index (χ1v) is 14.1. The second-order valence-corrected chi connectivity index (χ2v) is 11.8. The minimum Gasteiger partial charge on any atom is -0.545 e. The number of carbonyl (C=O) groups is 1. The molecular formula is C29H35IN3NaO3. The summed E-state index contributed by atoms with van der Waals surface area (Å²) in [7, 11) is 0. The number of carboxylic acids is 1. The molecule has 2 aliphatic heterocycles. The SMILES string of the molecule is CCc1ccc(C(C)(C)c2[nH]c3cc(I)ccc3c2C(=O)[O-])cc1N1CCC(N2CCOCC2)CC1.[Na+]. The minimum absolute atomic E-state index is 0. The molecule has 6 nitrogen and oxygen atoms in total. The average Bonchev–Trinajstić information content (AvgIpc) is 3.29. The Hall–Kier alpha value is -1.10. The van der Waals surface area contributed by atoms with E-state index in [0.29, 0.717) is 17.1 Å². The van der Waals surface area contributed by atoms with Crippen LogP contribution in [-0.2, 0) is 16.6 Å². The van der Waals surface area contributed by atoms with E-state index < -0.39 is 11.4 Å². The first kappa shape index (κ1) is 28.9. The number of aromatic amines is 1. The number of carboxylic acid groups (broad SMARTS) is 1. The Morgan fingerprint density at radius 2 is 1.81 bits per heavy atom. The zero-order valence-electron chi connectivity index (χ0n) is 22.4. The van der Waals surface area contributed by atoms with Crippen LogP contribution in [0, 0.1) is 3.57 Å². The Bertz CT molecular complexity index is 1260. The van der Waals surface area contributed by atoms with Gasteiger partial charge >= 0.3 is 29.6 Å². The molecule has 192 valence electrons. The van der Waals surface area contributed by atoms with Gasteiger partial charge in [-0.2, -0.15) is 0 Å². The standard InChI is InChI=1S/C29H36IN3O3.Na/c1-4-19-5-6-20(17-25(19)33-11-9-22(10-12-33)32-13-15-36-16-14-32)29(2,3)27-26(28(34)35)23-8-7-21(30)18-24(23)31-27;/h5-8,17-18,22,31H,4,9-16H2,1-3H3,(H,34,35);/q;+1/p-1. The van der Waals surface area contributed by atoms with Gasteiger partial charge in [-0.1, -0.05) is 39.0 Å². The number of aromatic nitrogens is 1. The summed E-state index contributed by atoms with van der Waals surface area (Å²) in [5, 5.41) is 13.0. The van der Waals surface area contributed by atoms with Crippen molar-refractivity contribution >= 4 is 45.2 Å². The number of hydrogen-bond acceptors (Lipinski definition) is 5. The second-order valence-electron chi connectivity index (χ2n) is 10.5. The Kier molecular flexibility index (Phi) is 9.34. The monoisotopic (exact) mass is 623 g/mol. The van der Waals surface area contributed by atoms with Gasteiger partial charge in [0.25, 0.3) is 0 Å². The van der Waals surface area contributed by atoms with E-state index >= 15 is 0 Å². The summed E-state index contributed by atoms with van der Waals surface area (Å²) in [6.07, 6.45) is 3.28. The number of aromatic carboxylic acids is 1. The molecule has 2 aliphatic rings. The summed E-state index contributed by atoms with van der Waals surface area (Å²) in [6, 6.07) is 13.1. The quantitative estimate of drug-likeness (QED) is 0.332. The van der Waals surface area contributed by atoms with Crippen molar-refractivity contribution in [2.75, 3.05) is 44.3 Å². The van der Waals surface area contributed by atoms with Crippen molar-refractivity contribution in [3.05, 3.63) is 62.4 Å². The summed E-state index contributed by atoms with van der Waals surface area (Å²) in [4.78, 5) is 20.8. The Morgan fingerprint density at radius 3 is 2.46 bits per heavy atom. The third-order valence-electron chi connectivity index (χ3n) is 8.14. The fraction of sp³-hybridized carbons (Fsp3) is 0.483. The fourth-order valence-corrected chi connectivity index (χ4v) is 6.45.